The zero-order valence-electron chi connectivity index (χ0n) is 12.8. The number of rotatable bonds is 3. The number of likely N-dealkylation sites (tertiary alicyclic amines) is 1. The predicted molar refractivity (Wildman–Crippen MR) is 79.7 cm³/mol. The average molecular weight is 311 g/mol. The second kappa shape index (κ2) is 5.57. The quantitative estimate of drug-likeness (QED) is 0.916. The van der Waals surface area contributed by atoms with Gasteiger partial charge in [0.15, 0.2) is 0 Å². The van der Waals surface area contributed by atoms with Crippen molar-refractivity contribution < 1.29 is 13.2 Å². The molecule has 0 bridgehead atoms. The van der Waals surface area contributed by atoms with E-state index in [1.807, 2.05) is 19.9 Å². The van der Waals surface area contributed by atoms with E-state index >= 15 is 0 Å². The Morgan fingerprint density at radius 1 is 1.23 bits per heavy atom. The number of aromatic amines is 1. The zero-order chi connectivity index (χ0) is 15.9. The second-order valence-electron chi connectivity index (χ2n) is 6.30. The van der Waals surface area contributed by atoms with Crippen molar-refractivity contribution in [3.8, 4) is 0 Å². The van der Waals surface area contributed by atoms with Crippen LogP contribution < -0.4 is 0 Å². The summed E-state index contributed by atoms with van der Waals surface area (Å²) in [5.74, 6) is 0.661. The Morgan fingerprint density at radius 3 is 2.50 bits per heavy atom. The lowest BCUT2D eigenvalue weighted by molar-refractivity contribution is -0.136. The van der Waals surface area contributed by atoms with Gasteiger partial charge < -0.3 is 4.98 Å². The highest BCUT2D eigenvalue weighted by molar-refractivity contribution is 5.80. The molecule has 0 saturated carbocycles. The molecule has 1 fully saturated rings. The molecule has 6 heteroatoms. The summed E-state index contributed by atoms with van der Waals surface area (Å²) in [7, 11) is 0. The van der Waals surface area contributed by atoms with Crippen molar-refractivity contribution in [3.05, 3.63) is 29.1 Å². The molecular weight excluding hydrogens is 291 g/mol. The number of imidazole rings is 1. The number of aromatic nitrogens is 2. The average Bonchev–Trinajstić information content (AvgIpc) is 3.05. The highest BCUT2D eigenvalue weighted by Gasteiger charge is 2.34. The van der Waals surface area contributed by atoms with Gasteiger partial charge in [0, 0.05) is 12.5 Å². The topological polar surface area (TPSA) is 31.9 Å². The summed E-state index contributed by atoms with van der Waals surface area (Å²) in [4.78, 5) is 9.40. The van der Waals surface area contributed by atoms with E-state index in [-0.39, 0.29) is 11.4 Å². The lowest BCUT2D eigenvalue weighted by Gasteiger charge is -2.16. The first-order chi connectivity index (χ1) is 10.3. The van der Waals surface area contributed by atoms with Crippen LogP contribution in [0.1, 0.15) is 49.6 Å². The maximum absolute atomic E-state index is 13.4. The first-order valence-corrected chi connectivity index (χ1v) is 7.66. The first kappa shape index (κ1) is 15.3. The highest BCUT2D eigenvalue weighted by atomic mass is 19.4. The molecule has 1 aliphatic rings. The first-order valence-electron chi connectivity index (χ1n) is 7.66. The monoisotopic (exact) mass is 311 g/mol. The summed E-state index contributed by atoms with van der Waals surface area (Å²) >= 11 is 0. The Morgan fingerprint density at radius 2 is 1.91 bits per heavy atom. The van der Waals surface area contributed by atoms with Crippen molar-refractivity contribution in [1.29, 1.82) is 0 Å². The van der Waals surface area contributed by atoms with Crippen molar-refractivity contribution in [3.63, 3.8) is 0 Å². The summed E-state index contributed by atoms with van der Waals surface area (Å²) < 4.78 is 40.1. The zero-order valence-corrected chi connectivity index (χ0v) is 12.8. The molecule has 0 atom stereocenters. The molecule has 0 amide bonds. The van der Waals surface area contributed by atoms with E-state index in [1.54, 1.807) is 0 Å². The van der Waals surface area contributed by atoms with Crippen LogP contribution in [0.2, 0.25) is 0 Å². The molecular formula is C16H20F3N3. The summed E-state index contributed by atoms with van der Waals surface area (Å²) in [6, 6.07) is 3.06. The van der Waals surface area contributed by atoms with Crippen LogP contribution in [-0.4, -0.2) is 28.0 Å². The van der Waals surface area contributed by atoms with Crippen LogP contribution in [-0.2, 0) is 12.7 Å². The standard InChI is InChI=1S/C16H20F3N3/c1-10(2)15-20-13-8-11(9-22-5-3-4-6-22)7-12(14(13)21-15)16(17,18)19/h7-8,10H,3-6,9H2,1-2H3,(H,20,21). The van der Waals surface area contributed by atoms with E-state index in [2.05, 4.69) is 14.9 Å². The van der Waals surface area contributed by atoms with Crippen molar-refractivity contribution in [2.24, 2.45) is 0 Å². The number of benzene rings is 1. The Hall–Kier alpha value is -1.56. The Labute approximate surface area is 127 Å². The third kappa shape index (κ3) is 2.97. The van der Waals surface area contributed by atoms with Crippen LogP contribution in [0.3, 0.4) is 0 Å². The lowest BCUT2D eigenvalue weighted by atomic mass is 10.1. The molecule has 1 aromatic carbocycles. The maximum atomic E-state index is 13.4. The lowest BCUT2D eigenvalue weighted by Crippen LogP contribution is -2.19. The van der Waals surface area contributed by atoms with Crippen LogP contribution in [0.15, 0.2) is 12.1 Å². The minimum atomic E-state index is -4.39. The van der Waals surface area contributed by atoms with Gasteiger partial charge >= 0.3 is 6.18 Å². The van der Waals surface area contributed by atoms with Crippen molar-refractivity contribution in [2.45, 2.75) is 45.3 Å². The summed E-state index contributed by atoms with van der Waals surface area (Å²) in [5.41, 5.74) is 0.567. The van der Waals surface area contributed by atoms with Gasteiger partial charge in [0.1, 0.15) is 11.3 Å². The van der Waals surface area contributed by atoms with Gasteiger partial charge in [-0.2, -0.15) is 13.2 Å². The summed E-state index contributed by atoms with van der Waals surface area (Å²) in [6.45, 7) is 6.31. The van der Waals surface area contributed by atoms with Crippen molar-refractivity contribution in [1.82, 2.24) is 14.9 Å². The van der Waals surface area contributed by atoms with Gasteiger partial charge in [-0.15, -0.1) is 0 Å². The summed E-state index contributed by atoms with van der Waals surface area (Å²) in [6.07, 6.45) is -2.14. The molecule has 1 N–H and O–H groups in total. The molecule has 2 heterocycles. The SMILES string of the molecule is CC(C)c1nc2c(C(F)(F)F)cc(CN3CCCC3)cc2[nH]1. The van der Waals surface area contributed by atoms with E-state index < -0.39 is 11.7 Å². The van der Waals surface area contributed by atoms with E-state index in [4.69, 9.17) is 0 Å². The van der Waals surface area contributed by atoms with E-state index in [0.29, 0.717) is 23.4 Å². The fourth-order valence-electron chi connectivity index (χ4n) is 2.98. The van der Waals surface area contributed by atoms with E-state index in [9.17, 15) is 13.2 Å². The van der Waals surface area contributed by atoms with Gasteiger partial charge in [-0.25, -0.2) is 4.98 Å². The number of hydrogen-bond acceptors (Lipinski definition) is 2. The summed E-state index contributed by atoms with van der Waals surface area (Å²) in [5, 5.41) is 0. The third-order valence-corrected chi connectivity index (χ3v) is 4.12. The molecule has 0 aliphatic carbocycles. The van der Waals surface area contributed by atoms with Crippen LogP contribution in [0, 0.1) is 0 Å². The minimum absolute atomic E-state index is 0.0290. The predicted octanol–water partition coefficient (Wildman–Crippen LogP) is 4.30. The van der Waals surface area contributed by atoms with Crippen LogP contribution >= 0.6 is 0 Å². The van der Waals surface area contributed by atoms with E-state index in [1.165, 1.54) is 6.07 Å². The number of hydrogen-bond donors (Lipinski definition) is 1. The molecule has 0 unspecified atom stereocenters. The second-order valence-corrected chi connectivity index (χ2v) is 6.30. The third-order valence-electron chi connectivity index (χ3n) is 4.12. The molecule has 0 spiro atoms. The Bertz CT molecular complexity index is 667. The van der Waals surface area contributed by atoms with Gasteiger partial charge in [0.05, 0.1) is 11.1 Å². The van der Waals surface area contributed by atoms with Crippen LogP contribution in [0.25, 0.3) is 11.0 Å². The molecule has 1 aliphatic heterocycles. The Kier molecular flexibility index (Phi) is 3.89. The molecule has 3 rings (SSSR count). The number of fused-ring (bicyclic) bond motifs is 1. The fourth-order valence-corrected chi connectivity index (χ4v) is 2.98. The number of alkyl halides is 3. The molecule has 22 heavy (non-hydrogen) atoms. The maximum Gasteiger partial charge on any atom is 0.418 e. The van der Waals surface area contributed by atoms with Gasteiger partial charge in [-0.05, 0) is 43.6 Å². The van der Waals surface area contributed by atoms with Gasteiger partial charge in [0.25, 0.3) is 0 Å². The van der Waals surface area contributed by atoms with Gasteiger partial charge in [-0.1, -0.05) is 13.8 Å². The highest BCUT2D eigenvalue weighted by Crippen LogP contribution is 2.36. The molecule has 3 nitrogen and oxygen atoms in total. The molecule has 0 radical (unpaired) electrons. The minimum Gasteiger partial charge on any atom is -0.342 e. The van der Waals surface area contributed by atoms with E-state index in [0.717, 1.165) is 25.9 Å². The number of halogens is 3. The normalized spacial score (nSPS) is 17.0. The smallest absolute Gasteiger partial charge is 0.342 e. The van der Waals surface area contributed by atoms with Crippen LogP contribution in [0.5, 0.6) is 0 Å². The van der Waals surface area contributed by atoms with Crippen molar-refractivity contribution in [2.75, 3.05) is 13.1 Å². The Balaban J connectivity index is 2.06. The van der Waals surface area contributed by atoms with Crippen LogP contribution in [0.4, 0.5) is 13.2 Å². The van der Waals surface area contributed by atoms with Crippen molar-refractivity contribution >= 4 is 11.0 Å². The molecule has 1 saturated heterocycles. The fraction of sp³-hybridized carbons (Fsp3) is 0.562. The number of H-pyrrole nitrogens is 1. The number of nitrogens with zero attached hydrogens (tertiary/aromatic N) is 2. The van der Waals surface area contributed by atoms with Gasteiger partial charge in [0.2, 0.25) is 0 Å². The molecule has 2 aromatic rings. The largest absolute Gasteiger partial charge is 0.418 e. The van der Waals surface area contributed by atoms with Gasteiger partial charge in [-0.3, -0.25) is 4.90 Å². The molecule has 120 valence electrons. The number of nitrogens with one attached hydrogen (secondary N) is 1. The molecule has 1 aromatic heterocycles.